The van der Waals surface area contributed by atoms with Gasteiger partial charge in [0.15, 0.2) is 0 Å². The van der Waals surface area contributed by atoms with Crippen LogP contribution in [-0.2, 0) is 14.6 Å². The predicted molar refractivity (Wildman–Crippen MR) is 87.7 cm³/mol. The van der Waals surface area contributed by atoms with E-state index >= 15 is 0 Å². The third-order valence-corrected chi connectivity index (χ3v) is 4.43. The molecule has 0 aromatic heterocycles. The molecule has 128 valence electrons. The monoisotopic (exact) mass is 322 g/mol. The van der Waals surface area contributed by atoms with Crippen molar-refractivity contribution in [2.75, 3.05) is 6.61 Å². The molecule has 0 amide bonds. The molecule has 0 fully saturated rings. The summed E-state index contributed by atoms with van der Waals surface area (Å²) in [7, 11) is -4.28. The first-order chi connectivity index (χ1) is 9.99. The van der Waals surface area contributed by atoms with Gasteiger partial charge in [0.2, 0.25) is 0 Å². The summed E-state index contributed by atoms with van der Waals surface area (Å²) in [6, 6.07) is 0. The summed E-state index contributed by atoms with van der Waals surface area (Å²) in [6.45, 7) is 4.37. The number of hydrogen-bond donors (Lipinski definition) is 1. The Kier molecular flexibility index (Phi) is 13.4. The SMILES string of the molecule is CCCCCCCCCCCCC(CC)COS(=O)(=O)O. The van der Waals surface area contributed by atoms with Gasteiger partial charge in [0.1, 0.15) is 0 Å². The second kappa shape index (κ2) is 13.5. The summed E-state index contributed by atoms with van der Waals surface area (Å²) < 4.78 is 34.1. The Labute approximate surface area is 131 Å². The van der Waals surface area contributed by atoms with E-state index in [2.05, 4.69) is 11.1 Å². The van der Waals surface area contributed by atoms with Crippen LogP contribution in [-0.4, -0.2) is 19.6 Å². The maximum absolute atomic E-state index is 10.5. The first-order valence-corrected chi connectivity index (χ1v) is 9.98. The van der Waals surface area contributed by atoms with Gasteiger partial charge in [-0.3, -0.25) is 4.55 Å². The minimum absolute atomic E-state index is 0.104. The molecule has 0 aromatic rings. The zero-order valence-corrected chi connectivity index (χ0v) is 14.7. The first kappa shape index (κ1) is 20.9. The number of hydrogen-bond acceptors (Lipinski definition) is 3. The van der Waals surface area contributed by atoms with Crippen LogP contribution in [0.2, 0.25) is 0 Å². The summed E-state index contributed by atoms with van der Waals surface area (Å²) in [5.41, 5.74) is 0. The third-order valence-electron chi connectivity index (χ3n) is 4.00. The summed E-state index contributed by atoms with van der Waals surface area (Å²) in [4.78, 5) is 0. The van der Waals surface area contributed by atoms with Crippen LogP contribution < -0.4 is 0 Å². The van der Waals surface area contributed by atoms with E-state index in [1.165, 1.54) is 57.8 Å². The lowest BCUT2D eigenvalue weighted by molar-refractivity contribution is 0.210. The average Bonchev–Trinajstić information content (AvgIpc) is 2.43. The average molecular weight is 323 g/mol. The van der Waals surface area contributed by atoms with E-state index in [1.54, 1.807) is 0 Å². The summed E-state index contributed by atoms with van der Waals surface area (Å²) >= 11 is 0. The van der Waals surface area contributed by atoms with Gasteiger partial charge in [0.05, 0.1) is 6.61 Å². The maximum Gasteiger partial charge on any atom is 0.397 e. The van der Waals surface area contributed by atoms with Gasteiger partial charge in [-0.25, -0.2) is 4.18 Å². The maximum atomic E-state index is 10.5. The van der Waals surface area contributed by atoms with Crippen molar-refractivity contribution in [2.24, 2.45) is 5.92 Å². The lowest BCUT2D eigenvalue weighted by Crippen LogP contribution is -2.13. The quantitative estimate of drug-likeness (QED) is 0.335. The minimum Gasteiger partial charge on any atom is -0.264 e. The highest BCUT2D eigenvalue weighted by atomic mass is 32.3. The van der Waals surface area contributed by atoms with Crippen LogP contribution in [0.5, 0.6) is 0 Å². The molecule has 0 aromatic carbocycles. The Bertz CT molecular complexity index is 314. The molecule has 0 rings (SSSR count). The summed E-state index contributed by atoms with van der Waals surface area (Å²) in [6.07, 6.45) is 14.9. The first-order valence-electron chi connectivity index (χ1n) is 8.61. The van der Waals surface area contributed by atoms with E-state index in [9.17, 15) is 8.42 Å². The second-order valence-electron chi connectivity index (χ2n) is 5.96. The smallest absolute Gasteiger partial charge is 0.264 e. The Morgan fingerprint density at radius 2 is 1.33 bits per heavy atom. The van der Waals surface area contributed by atoms with Crippen molar-refractivity contribution in [1.82, 2.24) is 0 Å². The summed E-state index contributed by atoms with van der Waals surface area (Å²) in [5.74, 6) is 0.223. The van der Waals surface area contributed by atoms with Gasteiger partial charge in [-0.2, -0.15) is 8.42 Å². The lowest BCUT2D eigenvalue weighted by atomic mass is 9.98. The molecular weight excluding hydrogens is 288 g/mol. The fourth-order valence-corrected chi connectivity index (χ4v) is 2.87. The van der Waals surface area contributed by atoms with Gasteiger partial charge < -0.3 is 0 Å². The molecule has 0 aliphatic rings. The molecule has 0 aliphatic heterocycles. The van der Waals surface area contributed by atoms with Crippen molar-refractivity contribution in [2.45, 2.75) is 90.9 Å². The van der Waals surface area contributed by atoms with Crippen LogP contribution >= 0.6 is 0 Å². The van der Waals surface area contributed by atoms with E-state index in [0.29, 0.717) is 0 Å². The number of rotatable bonds is 15. The zero-order chi connectivity index (χ0) is 16.0. The van der Waals surface area contributed by atoms with E-state index in [1.807, 2.05) is 6.92 Å². The fraction of sp³-hybridized carbons (Fsp3) is 1.00. The van der Waals surface area contributed by atoms with Crippen molar-refractivity contribution in [3.05, 3.63) is 0 Å². The normalized spacial score (nSPS) is 13.5. The van der Waals surface area contributed by atoms with Crippen molar-refractivity contribution >= 4 is 10.4 Å². The molecule has 0 bridgehead atoms. The van der Waals surface area contributed by atoms with Crippen LogP contribution in [0.3, 0.4) is 0 Å². The van der Waals surface area contributed by atoms with Crippen molar-refractivity contribution < 1.29 is 17.2 Å². The van der Waals surface area contributed by atoms with Gasteiger partial charge in [-0.15, -0.1) is 0 Å². The lowest BCUT2D eigenvalue weighted by Gasteiger charge is -2.13. The topological polar surface area (TPSA) is 63.6 Å². The zero-order valence-electron chi connectivity index (χ0n) is 13.8. The molecular formula is C16H34O4S. The minimum atomic E-state index is -4.28. The van der Waals surface area contributed by atoms with E-state index in [4.69, 9.17) is 4.55 Å². The van der Waals surface area contributed by atoms with Gasteiger partial charge in [0.25, 0.3) is 0 Å². The van der Waals surface area contributed by atoms with Gasteiger partial charge >= 0.3 is 10.4 Å². The van der Waals surface area contributed by atoms with E-state index in [-0.39, 0.29) is 12.5 Å². The highest BCUT2D eigenvalue weighted by Gasteiger charge is 2.11. The van der Waals surface area contributed by atoms with Crippen molar-refractivity contribution in [1.29, 1.82) is 0 Å². The van der Waals surface area contributed by atoms with Gasteiger partial charge in [-0.1, -0.05) is 84.5 Å². The molecule has 4 nitrogen and oxygen atoms in total. The van der Waals surface area contributed by atoms with Crippen LogP contribution in [0.25, 0.3) is 0 Å². The Balaban J connectivity index is 3.39. The molecule has 5 heteroatoms. The molecule has 0 spiro atoms. The molecule has 0 saturated carbocycles. The van der Waals surface area contributed by atoms with Crippen molar-refractivity contribution in [3.8, 4) is 0 Å². The second-order valence-corrected chi connectivity index (χ2v) is 7.05. The van der Waals surface area contributed by atoms with Crippen LogP contribution in [0, 0.1) is 5.92 Å². The molecule has 1 unspecified atom stereocenters. The largest absolute Gasteiger partial charge is 0.397 e. The standard InChI is InChI=1S/C16H34O4S/c1-3-5-6-7-8-9-10-11-12-13-14-16(4-2)15-20-21(17,18)19/h16H,3-15H2,1-2H3,(H,17,18,19). The van der Waals surface area contributed by atoms with Crippen LogP contribution in [0.15, 0.2) is 0 Å². The molecule has 1 atom stereocenters. The third kappa shape index (κ3) is 16.1. The van der Waals surface area contributed by atoms with Crippen LogP contribution in [0.1, 0.15) is 90.9 Å². The predicted octanol–water partition coefficient (Wildman–Crippen LogP) is 5.14. The Morgan fingerprint density at radius 3 is 1.76 bits per heavy atom. The molecule has 0 aliphatic carbocycles. The molecule has 1 N–H and O–H groups in total. The van der Waals surface area contributed by atoms with Crippen LogP contribution in [0.4, 0.5) is 0 Å². The Morgan fingerprint density at radius 1 is 0.857 bits per heavy atom. The van der Waals surface area contributed by atoms with Gasteiger partial charge in [0, 0.05) is 0 Å². The molecule has 0 heterocycles. The highest BCUT2D eigenvalue weighted by Crippen LogP contribution is 2.16. The molecule has 0 radical (unpaired) electrons. The number of unbranched alkanes of at least 4 members (excludes halogenated alkanes) is 9. The summed E-state index contributed by atoms with van der Waals surface area (Å²) in [5, 5.41) is 0. The van der Waals surface area contributed by atoms with Gasteiger partial charge in [-0.05, 0) is 12.3 Å². The fourth-order valence-electron chi connectivity index (χ4n) is 2.51. The molecule has 21 heavy (non-hydrogen) atoms. The highest BCUT2D eigenvalue weighted by molar-refractivity contribution is 7.80. The molecule has 0 saturated heterocycles. The van der Waals surface area contributed by atoms with E-state index in [0.717, 1.165) is 19.3 Å². The van der Waals surface area contributed by atoms with Crippen molar-refractivity contribution in [3.63, 3.8) is 0 Å². The van der Waals surface area contributed by atoms with E-state index < -0.39 is 10.4 Å². The Hall–Kier alpha value is -0.130.